The first-order chi connectivity index (χ1) is 13.7. The Kier molecular flexibility index (Phi) is 5.87. The van der Waals surface area contributed by atoms with Crippen LogP contribution in [0.25, 0.3) is 11.3 Å². The molecule has 0 unspecified atom stereocenters. The van der Waals surface area contributed by atoms with Crippen molar-refractivity contribution in [1.82, 2.24) is 15.0 Å². The zero-order valence-electron chi connectivity index (χ0n) is 15.5. The van der Waals surface area contributed by atoms with E-state index in [0.717, 1.165) is 35.5 Å². The van der Waals surface area contributed by atoms with Crippen molar-refractivity contribution in [2.45, 2.75) is 30.8 Å². The lowest BCUT2D eigenvalue weighted by molar-refractivity contribution is -0.113. The van der Waals surface area contributed by atoms with E-state index < -0.39 is 0 Å². The maximum atomic E-state index is 12.3. The van der Waals surface area contributed by atoms with Crippen LogP contribution in [-0.4, -0.2) is 33.7 Å². The summed E-state index contributed by atoms with van der Waals surface area (Å²) in [6, 6.07) is 9.54. The van der Waals surface area contributed by atoms with Crippen LogP contribution in [0.15, 0.2) is 41.7 Å². The molecule has 0 atom stereocenters. The maximum Gasteiger partial charge on any atom is 0.236 e. The van der Waals surface area contributed by atoms with Gasteiger partial charge < -0.3 is 10.1 Å². The van der Waals surface area contributed by atoms with Gasteiger partial charge in [0.15, 0.2) is 10.3 Å². The third kappa shape index (κ3) is 4.51. The SMILES string of the molecule is COc1ccc(-c2ccnc(SCC(=O)Nc3nc4c(s3)CCCC4)n2)cc1. The van der Waals surface area contributed by atoms with Crippen LogP contribution < -0.4 is 10.1 Å². The second-order valence-corrected chi connectivity index (χ2v) is 8.41. The van der Waals surface area contributed by atoms with Crippen LogP contribution >= 0.6 is 23.1 Å². The van der Waals surface area contributed by atoms with E-state index in [4.69, 9.17) is 4.74 Å². The molecule has 0 saturated heterocycles. The summed E-state index contributed by atoms with van der Waals surface area (Å²) < 4.78 is 5.18. The number of thiazole rings is 1. The van der Waals surface area contributed by atoms with Crippen molar-refractivity contribution in [2.75, 3.05) is 18.2 Å². The van der Waals surface area contributed by atoms with Gasteiger partial charge in [0.1, 0.15) is 5.75 Å². The number of methoxy groups -OCH3 is 1. The molecule has 0 bridgehead atoms. The highest BCUT2D eigenvalue weighted by atomic mass is 32.2. The summed E-state index contributed by atoms with van der Waals surface area (Å²) in [6.45, 7) is 0. The van der Waals surface area contributed by atoms with Gasteiger partial charge in [0, 0.05) is 16.6 Å². The highest BCUT2D eigenvalue weighted by Crippen LogP contribution is 2.29. The van der Waals surface area contributed by atoms with Gasteiger partial charge in [-0.3, -0.25) is 4.79 Å². The molecule has 0 spiro atoms. The number of nitrogens with zero attached hydrogens (tertiary/aromatic N) is 3. The van der Waals surface area contributed by atoms with Crippen LogP contribution in [0.5, 0.6) is 5.75 Å². The fraction of sp³-hybridized carbons (Fsp3) is 0.300. The topological polar surface area (TPSA) is 77.0 Å². The molecule has 1 aromatic carbocycles. The molecule has 0 aliphatic heterocycles. The second-order valence-electron chi connectivity index (χ2n) is 6.39. The predicted molar refractivity (Wildman–Crippen MR) is 112 cm³/mol. The Hall–Kier alpha value is -2.45. The molecule has 1 aliphatic rings. The van der Waals surface area contributed by atoms with Crippen molar-refractivity contribution in [3.63, 3.8) is 0 Å². The number of hydrogen-bond donors (Lipinski definition) is 1. The molecule has 1 N–H and O–H groups in total. The lowest BCUT2D eigenvalue weighted by Gasteiger charge is -2.06. The average Bonchev–Trinajstić information content (AvgIpc) is 3.15. The number of hydrogen-bond acceptors (Lipinski definition) is 7. The average molecular weight is 413 g/mol. The van der Waals surface area contributed by atoms with Crippen molar-refractivity contribution < 1.29 is 9.53 Å². The molecule has 28 heavy (non-hydrogen) atoms. The highest BCUT2D eigenvalue weighted by molar-refractivity contribution is 7.99. The van der Waals surface area contributed by atoms with E-state index in [1.54, 1.807) is 24.6 Å². The summed E-state index contributed by atoms with van der Waals surface area (Å²) >= 11 is 2.91. The number of fused-ring (bicyclic) bond motifs is 1. The van der Waals surface area contributed by atoms with Gasteiger partial charge in [0.2, 0.25) is 5.91 Å². The van der Waals surface area contributed by atoms with Gasteiger partial charge >= 0.3 is 0 Å². The summed E-state index contributed by atoms with van der Waals surface area (Å²) in [5.74, 6) is 0.957. The maximum absolute atomic E-state index is 12.3. The number of aryl methyl sites for hydroxylation is 2. The summed E-state index contributed by atoms with van der Waals surface area (Å²) in [7, 11) is 1.64. The first kappa shape index (κ1) is 18.9. The predicted octanol–water partition coefficient (Wildman–Crippen LogP) is 4.22. The van der Waals surface area contributed by atoms with Gasteiger partial charge in [-0.2, -0.15) is 0 Å². The molecule has 144 valence electrons. The fourth-order valence-electron chi connectivity index (χ4n) is 3.02. The van der Waals surface area contributed by atoms with Gasteiger partial charge in [0.25, 0.3) is 0 Å². The minimum atomic E-state index is -0.0884. The van der Waals surface area contributed by atoms with Crippen LogP contribution in [-0.2, 0) is 17.6 Å². The number of nitrogens with one attached hydrogen (secondary N) is 1. The first-order valence-electron chi connectivity index (χ1n) is 9.10. The first-order valence-corrected chi connectivity index (χ1v) is 10.9. The molecule has 4 rings (SSSR count). The Balaban J connectivity index is 1.36. The Morgan fingerprint density at radius 3 is 2.79 bits per heavy atom. The number of amides is 1. The Labute approximate surface area is 171 Å². The lowest BCUT2D eigenvalue weighted by atomic mass is 10.0. The van der Waals surface area contributed by atoms with Crippen LogP contribution in [0.3, 0.4) is 0 Å². The molecular weight excluding hydrogens is 392 g/mol. The largest absolute Gasteiger partial charge is 0.497 e. The zero-order chi connectivity index (χ0) is 19.3. The van der Waals surface area contributed by atoms with E-state index in [9.17, 15) is 4.79 Å². The molecule has 0 radical (unpaired) electrons. The van der Waals surface area contributed by atoms with E-state index in [1.807, 2.05) is 30.3 Å². The van der Waals surface area contributed by atoms with E-state index in [0.29, 0.717) is 10.3 Å². The molecule has 0 saturated carbocycles. The third-order valence-electron chi connectivity index (χ3n) is 4.44. The molecule has 2 aromatic heterocycles. The van der Waals surface area contributed by atoms with Crippen LogP contribution in [0.4, 0.5) is 5.13 Å². The molecule has 0 fully saturated rings. The van der Waals surface area contributed by atoms with Crippen LogP contribution in [0.1, 0.15) is 23.4 Å². The number of rotatable bonds is 6. The fourth-order valence-corrected chi connectivity index (χ4v) is 4.72. The third-order valence-corrected chi connectivity index (χ3v) is 6.38. The van der Waals surface area contributed by atoms with E-state index >= 15 is 0 Å². The van der Waals surface area contributed by atoms with Gasteiger partial charge in [-0.15, -0.1) is 11.3 Å². The number of anilines is 1. The van der Waals surface area contributed by atoms with Crippen molar-refractivity contribution in [3.05, 3.63) is 47.1 Å². The van der Waals surface area contributed by atoms with Crippen molar-refractivity contribution >= 4 is 34.1 Å². The van der Waals surface area contributed by atoms with Crippen LogP contribution in [0, 0.1) is 0 Å². The molecular formula is C20H20N4O2S2. The summed E-state index contributed by atoms with van der Waals surface area (Å²) in [6.07, 6.45) is 6.19. The van der Waals surface area contributed by atoms with E-state index in [-0.39, 0.29) is 11.7 Å². The number of aromatic nitrogens is 3. The number of ether oxygens (including phenoxy) is 1. The highest BCUT2D eigenvalue weighted by Gasteiger charge is 2.16. The summed E-state index contributed by atoms with van der Waals surface area (Å²) in [5, 5.41) is 4.18. The minimum Gasteiger partial charge on any atom is -0.497 e. The van der Waals surface area contributed by atoms with Gasteiger partial charge in [-0.1, -0.05) is 11.8 Å². The molecule has 1 amide bonds. The Morgan fingerprint density at radius 2 is 2.00 bits per heavy atom. The van der Waals surface area contributed by atoms with Crippen molar-refractivity contribution in [3.8, 4) is 17.0 Å². The minimum absolute atomic E-state index is 0.0884. The van der Waals surface area contributed by atoms with Gasteiger partial charge in [0.05, 0.1) is 24.3 Å². The standard InChI is InChI=1S/C20H20N4O2S2/c1-26-14-8-6-13(7-9-14)15-10-11-21-19(22-15)27-12-18(25)24-20-23-16-4-2-3-5-17(16)28-20/h6-11H,2-5,12H2,1H3,(H,23,24,25). The number of benzene rings is 1. The van der Waals surface area contributed by atoms with E-state index in [2.05, 4.69) is 20.3 Å². The van der Waals surface area contributed by atoms with E-state index in [1.165, 1.54) is 29.5 Å². The summed E-state index contributed by atoms with van der Waals surface area (Å²) in [5.41, 5.74) is 2.94. The Bertz CT molecular complexity index is 949. The molecule has 6 nitrogen and oxygen atoms in total. The molecule has 3 aromatic rings. The quantitative estimate of drug-likeness (QED) is 0.483. The zero-order valence-corrected chi connectivity index (χ0v) is 17.1. The van der Waals surface area contributed by atoms with Gasteiger partial charge in [-0.05, 0) is 56.0 Å². The number of carbonyl (C=O) groups excluding carboxylic acids is 1. The van der Waals surface area contributed by atoms with Crippen LogP contribution in [0.2, 0.25) is 0 Å². The van der Waals surface area contributed by atoms with Gasteiger partial charge in [-0.25, -0.2) is 15.0 Å². The van der Waals surface area contributed by atoms with Crippen molar-refractivity contribution in [1.29, 1.82) is 0 Å². The molecule has 8 heteroatoms. The smallest absolute Gasteiger partial charge is 0.236 e. The molecule has 2 heterocycles. The normalized spacial score (nSPS) is 13.0. The van der Waals surface area contributed by atoms with Crippen molar-refractivity contribution in [2.24, 2.45) is 0 Å². The monoisotopic (exact) mass is 412 g/mol. The molecule has 1 aliphatic carbocycles. The number of thioether (sulfide) groups is 1. The number of carbonyl (C=O) groups is 1. The second kappa shape index (κ2) is 8.70. The summed E-state index contributed by atoms with van der Waals surface area (Å²) in [4.78, 5) is 27.0. The Morgan fingerprint density at radius 1 is 1.18 bits per heavy atom. The lowest BCUT2D eigenvalue weighted by Crippen LogP contribution is -2.14.